The summed E-state index contributed by atoms with van der Waals surface area (Å²) in [5.74, 6) is 2.02. The minimum absolute atomic E-state index is 0.0813. The lowest BCUT2D eigenvalue weighted by atomic mass is 9.71. The van der Waals surface area contributed by atoms with E-state index in [-0.39, 0.29) is 10.8 Å². The Morgan fingerprint density at radius 3 is 2.47 bits per heavy atom. The monoisotopic (exact) mass is 274 g/mol. The molecule has 2 bridgehead atoms. The first-order valence-electron chi connectivity index (χ1n) is 7.24. The molecule has 1 aromatic rings. The first-order valence-corrected chi connectivity index (χ1v) is 8.28. The third-order valence-corrected chi connectivity index (χ3v) is 6.68. The Morgan fingerprint density at radius 1 is 1.21 bits per heavy atom. The molecule has 2 aliphatic carbocycles. The Hall–Kier alpha value is -0.760. The van der Waals surface area contributed by atoms with Gasteiger partial charge in [-0.15, -0.1) is 0 Å². The lowest BCUT2D eigenvalue weighted by molar-refractivity contribution is -0.128. The third-order valence-electron chi connectivity index (χ3n) is 5.29. The average molecular weight is 274 g/mol. The van der Waals surface area contributed by atoms with Gasteiger partial charge in [-0.1, -0.05) is 51.1 Å². The van der Waals surface area contributed by atoms with Crippen LogP contribution in [0.4, 0.5) is 0 Å². The second-order valence-corrected chi connectivity index (χ2v) is 7.97. The van der Waals surface area contributed by atoms with E-state index in [2.05, 4.69) is 51.1 Å². The zero-order valence-electron chi connectivity index (χ0n) is 12.0. The normalized spacial score (nSPS) is 40.9. The minimum Gasteiger partial charge on any atom is -0.298 e. The van der Waals surface area contributed by atoms with Gasteiger partial charge in [-0.05, 0) is 30.1 Å². The Morgan fingerprint density at radius 2 is 1.89 bits per heavy atom. The van der Waals surface area contributed by atoms with Gasteiger partial charge in [0.15, 0.2) is 0 Å². The van der Waals surface area contributed by atoms with E-state index in [1.54, 1.807) is 0 Å². The number of rotatable bonds is 3. The summed E-state index contributed by atoms with van der Waals surface area (Å²) in [5.41, 5.74) is 1.11. The molecule has 2 saturated carbocycles. The maximum absolute atomic E-state index is 12.9. The Labute approximate surface area is 120 Å². The summed E-state index contributed by atoms with van der Waals surface area (Å²) in [7, 11) is 0. The van der Waals surface area contributed by atoms with E-state index in [0.717, 1.165) is 18.6 Å². The Balaban J connectivity index is 2.03. The highest BCUT2D eigenvalue weighted by Crippen LogP contribution is 2.67. The molecule has 0 saturated heterocycles. The summed E-state index contributed by atoms with van der Waals surface area (Å²) >= 11 is 1.98. The molecule has 0 aromatic heterocycles. The van der Waals surface area contributed by atoms with Crippen LogP contribution in [0.25, 0.3) is 0 Å². The van der Waals surface area contributed by atoms with Gasteiger partial charge < -0.3 is 0 Å². The summed E-state index contributed by atoms with van der Waals surface area (Å²) in [6.45, 7) is 6.61. The maximum Gasteiger partial charge on any atom is 0.146 e. The highest BCUT2D eigenvalue weighted by molar-refractivity contribution is 7.99. The van der Waals surface area contributed by atoms with Gasteiger partial charge in [-0.25, -0.2) is 0 Å². The van der Waals surface area contributed by atoms with E-state index in [4.69, 9.17) is 0 Å². The SMILES string of the molecule is CCS[C@H]1C[C@]2(C)C[C@@H](c3ccccc3)[C@@]1(C)C2=O. The highest BCUT2D eigenvalue weighted by atomic mass is 32.2. The van der Waals surface area contributed by atoms with Crippen LogP contribution in [0.15, 0.2) is 30.3 Å². The van der Waals surface area contributed by atoms with Gasteiger partial charge in [0.25, 0.3) is 0 Å². The van der Waals surface area contributed by atoms with Crippen LogP contribution < -0.4 is 0 Å². The molecule has 0 unspecified atom stereocenters. The van der Waals surface area contributed by atoms with Crippen molar-refractivity contribution in [1.29, 1.82) is 0 Å². The average Bonchev–Trinajstić information content (AvgIpc) is 2.73. The number of carbonyl (C=O) groups excluding carboxylic acids is 1. The molecule has 0 aliphatic heterocycles. The molecule has 1 nitrogen and oxygen atoms in total. The first-order chi connectivity index (χ1) is 9.02. The Kier molecular flexibility index (Phi) is 3.05. The minimum atomic E-state index is -0.156. The predicted molar refractivity (Wildman–Crippen MR) is 81.6 cm³/mol. The van der Waals surface area contributed by atoms with Crippen molar-refractivity contribution in [2.45, 2.75) is 44.8 Å². The highest BCUT2D eigenvalue weighted by Gasteiger charge is 2.67. The summed E-state index contributed by atoms with van der Waals surface area (Å²) < 4.78 is 0. The van der Waals surface area contributed by atoms with Crippen LogP contribution in [0, 0.1) is 10.8 Å². The molecule has 19 heavy (non-hydrogen) atoms. The van der Waals surface area contributed by atoms with E-state index in [1.807, 2.05) is 11.8 Å². The van der Waals surface area contributed by atoms with Crippen LogP contribution in [-0.4, -0.2) is 16.8 Å². The van der Waals surface area contributed by atoms with Crippen molar-refractivity contribution in [3.63, 3.8) is 0 Å². The van der Waals surface area contributed by atoms with E-state index in [1.165, 1.54) is 5.56 Å². The molecule has 4 atom stereocenters. The molecular formula is C17H22OS. The quantitative estimate of drug-likeness (QED) is 0.818. The number of carbonyl (C=O) groups is 1. The van der Waals surface area contributed by atoms with E-state index in [0.29, 0.717) is 17.0 Å². The molecule has 102 valence electrons. The number of hydrogen-bond donors (Lipinski definition) is 0. The van der Waals surface area contributed by atoms with Crippen LogP contribution in [0.1, 0.15) is 45.1 Å². The van der Waals surface area contributed by atoms with E-state index >= 15 is 0 Å². The van der Waals surface area contributed by atoms with Crippen molar-refractivity contribution in [2.75, 3.05) is 5.75 Å². The Bertz CT molecular complexity index is 497. The van der Waals surface area contributed by atoms with E-state index in [9.17, 15) is 4.79 Å². The first kappa shape index (κ1) is 13.2. The summed E-state index contributed by atoms with van der Waals surface area (Å²) in [5, 5.41) is 0.494. The van der Waals surface area contributed by atoms with Crippen LogP contribution in [0.2, 0.25) is 0 Å². The molecule has 2 heteroatoms. The molecule has 2 fully saturated rings. The molecule has 2 aliphatic rings. The van der Waals surface area contributed by atoms with E-state index < -0.39 is 0 Å². The number of thioether (sulfide) groups is 1. The number of hydrogen-bond acceptors (Lipinski definition) is 2. The second-order valence-electron chi connectivity index (χ2n) is 6.49. The largest absolute Gasteiger partial charge is 0.298 e. The molecule has 1 aromatic carbocycles. The van der Waals surface area contributed by atoms with Crippen LogP contribution in [-0.2, 0) is 4.79 Å². The standard InChI is InChI=1S/C17H22OS/c1-4-19-14-11-16(2)10-13(17(14,3)15(16)18)12-8-6-5-7-9-12/h5-9,13-14H,4,10-11H2,1-3H3/t13-,14-,16-,17+/m0/s1. The topological polar surface area (TPSA) is 17.1 Å². The lowest BCUT2D eigenvalue weighted by Crippen LogP contribution is -2.35. The zero-order chi connectivity index (χ0) is 13.7. The van der Waals surface area contributed by atoms with Gasteiger partial charge in [-0.3, -0.25) is 4.79 Å². The van der Waals surface area contributed by atoms with Crippen LogP contribution >= 0.6 is 11.8 Å². The number of benzene rings is 1. The van der Waals surface area contributed by atoms with Gasteiger partial charge >= 0.3 is 0 Å². The molecule has 0 N–H and O–H groups in total. The van der Waals surface area contributed by atoms with Crippen molar-refractivity contribution in [3.05, 3.63) is 35.9 Å². The van der Waals surface area contributed by atoms with Gasteiger partial charge in [0.1, 0.15) is 5.78 Å². The van der Waals surface area contributed by atoms with Crippen LogP contribution in [0.5, 0.6) is 0 Å². The van der Waals surface area contributed by atoms with Gasteiger partial charge in [-0.2, -0.15) is 11.8 Å². The molecule has 0 amide bonds. The van der Waals surface area contributed by atoms with Crippen LogP contribution in [0.3, 0.4) is 0 Å². The molecular weight excluding hydrogens is 252 g/mol. The van der Waals surface area contributed by atoms with Gasteiger partial charge in [0.2, 0.25) is 0 Å². The number of fused-ring (bicyclic) bond motifs is 2. The van der Waals surface area contributed by atoms with Gasteiger partial charge in [0.05, 0.1) is 0 Å². The fraction of sp³-hybridized carbons (Fsp3) is 0.588. The third kappa shape index (κ3) is 1.72. The molecule has 3 rings (SSSR count). The van der Waals surface area contributed by atoms with Crippen molar-refractivity contribution >= 4 is 17.5 Å². The number of ketones is 1. The van der Waals surface area contributed by atoms with Crippen molar-refractivity contribution < 1.29 is 4.79 Å². The number of Topliss-reactive ketones (excluding diaryl/α,β-unsaturated/α-hetero) is 1. The van der Waals surface area contributed by atoms with Crippen molar-refractivity contribution in [1.82, 2.24) is 0 Å². The fourth-order valence-corrected chi connectivity index (χ4v) is 5.82. The molecule has 0 spiro atoms. The summed E-state index contributed by atoms with van der Waals surface area (Å²) in [6, 6.07) is 10.6. The lowest BCUT2D eigenvalue weighted by Gasteiger charge is -2.38. The molecule has 0 heterocycles. The molecule has 0 radical (unpaired) electrons. The van der Waals surface area contributed by atoms with Crippen molar-refractivity contribution in [3.8, 4) is 0 Å². The van der Waals surface area contributed by atoms with Crippen molar-refractivity contribution in [2.24, 2.45) is 10.8 Å². The zero-order valence-corrected chi connectivity index (χ0v) is 12.8. The fourth-order valence-electron chi connectivity index (χ4n) is 4.31. The predicted octanol–water partition coefficient (Wildman–Crippen LogP) is 4.28. The summed E-state index contributed by atoms with van der Waals surface area (Å²) in [4.78, 5) is 12.9. The maximum atomic E-state index is 12.9. The second kappa shape index (κ2) is 4.37. The summed E-state index contributed by atoms with van der Waals surface area (Å²) in [6.07, 6.45) is 2.11. The van der Waals surface area contributed by atoms with Gasteiger partial charge in [0, 0.05) is 16.1 Å². The smallest absolute Gasteiger partial charge is 0.146 e.